The van der Waals surface area contributed by atoms with Crippen LogP contribution in [0.1, 0.15) is 0 Å². The van der Waals surface area contributed by atoms with Crippen LogP contribution in [0.4, 0.5) is 0 Å². The number of hydrogen-bond donors (Lipinski definition) is 8. The molecule has 2 aliphatic rings. The Bertz CT molecular complexity index is 382. The zero-order chi connectivity index (χ0) is 17.3. The van der Waals surface area contributed by atoms with Crippen LogP contribution in [0.3, 0.4) is 0 Å². The fourth-order valence-electron chi connectivity index (χ4n) is 2.49. The van der Waals surface area contributed by atoms with Gasteiger partial charge in [0.25, 0.3) is 0 Å². The van der Waals surface area contributed by atoms with E-state index in [4.69, 9.17) is 19.3 Å². The Kier molecular flexibility index (Phi) is 6.27. The minimum atomic E-state index is -1.73. The normalized spacial score (nSPS) is 49.3. The standard InChI is InChI=1S/C12H22O11/c13-1-3(14)10-7(17)9(19)12(23-10)21-2-4-5(15)6(16)8(18)11(20)22-4/h3-20H,1-2H2/t3-,4-,5-,6+,7-,8-,9+,10-,11-,12+/m0/s1. The lowest BCUT2D eigenvalue weighted by Gasteiger charge is -2.38. The summed E-state index contributed by atoms with van der Waals surface area (Å²) in [5, 5.41) is 75.8. The molecule has 2 rings (SSSR count). The van der Waals surface area contributed by atoms with Gasteiger partial charge >= 0.3 is 0 Å². The third-order valence-electron chi connectivity index (χ3n) is 3.93. The largest absolute Gasteiger partial charge is 0.394 e. The second-order valence-electron chi connectivity index (χ2n) is 5.57. The second kappa shape index (κ2) is 7.63. The molecule has 0 saturated carbocycles. The molecule has 0 amide bonds. The Morgan fingerprint density at radius 2 is 1.48 bits per heavy atom. The average molecular weight is 342 g/mol. The molecule has 23 heavy (non-hydrogen) atoms. The van der Waals surface area contributed by atoms with Crippen molar-refractivity contribution in [3.05, 3.63) is 0 Å². The lowest BCUT2D eigenvalue weighted by atomic mass is 9.99. The zero-order valence-electron chi connectivity index (χ0n) is 12.0. The number of rotatable bonds is 5. The summed E-state index contributed by atoms with van der Waals surface area (Å²) in [6, 6.07) is 0. The highest BCUT2D eigenvalue weighted by Crippen LogP contribution is 2.26. The Balaban J connectivity index is 1.90. The van der Waals surface area contributed by atoms with Crippen LogP contribution >= 0.6 is 0 Å². The van der Waals surface area contributed by atoms with Crippen molar-refractivity contribution in [2.45, 2.75) is 61.4 Å². The van der Waals surface area contributed by atoms with Crippen LogP contribution in [-0.2, 0) is 14.2 Å². The molecule has 2 heterocycles. The number of hydrogen-bond acceptors (Lipinski definition) is 11. The molecule has 2 aliphatic heterocycles. The quantitative estimate of drug-likeness (QED) is 0.238. The minimum Gasteiger partial charge on any atom is -0.394 e. The van der Waals surface area contributed by atoms with Gasteiger partial charge in [-0.25, -0.2) is 0 Å². The molecule has 2 fully saturated rings. The number of ether oxygens (including phenoxy) is 3. The van der Waals surface area contributed by atoms with Crippen molar-refractivity contribution in [3.63, 3.8) is 0 Å². The first-order chi connectivity index (χ1) is 10.8. The van der Waals surface area contributed by atoms with E-state index in [1.54, 1.807) is 0 Å². The molecule has 0 aromatic heterocycles. The maximum absolute atomic E-state index is 9.78. The highest BCUT2D eigenvalue weighted by atomic mass is 16.7. The van der Waals surface area contributed by atoms with Gasteiger partial charge in [-0.05, 0) is 0 Å². The highest BCUT2D eigenvalue weighted by molar-refractivity contribution is 4.92. The number of aliphatic hydroxyl groups is 8. The van der Waals surface area contributed by atoms with E-state index in [-0.39, 0.29) is 0 Å². The van der Waals surface area contributed by atoms with Crippen molar-refractivity contribution < 1.29 is 55.1 Å². The Labute approximate surface area is 130 Å². The molecule has 0 aromatic rings. The molecule has 8 N–H and O–H groups in total. The van der Waals surface area contributed by atoms with Gasteiger partial charge < -0.3 is 55.1 Å². The molecule has 2 saturated heterocycles. The van der Waals surface area contributed by atoms with Crippen molar-refractivity contribution in [3.8, 4) is 0 Å². The van der Waals surface area contributed by atoms with Gasteiger partial charge in [-0.15, -0.1) is 0 Å². The lowest BCUT2D eigenvalue weighted by molar-refractivity contribution is -0.298. The van der Waals surface area contributed by atoms with Gasteiger partial charge in [0.15, 0.2) is 12.6 Å². The Hall–Kier alpha value is -0.440. The lowest BCUT2D eigenvalue weighted by Crippen LogP contribution is -2.58. The molecule has 0 unspecified atom stereocenters. The van der Waals surface area contributed by atoms with Crippen molar-refractivity contribution in [2.75, 3.05) is 13.2 Å². The van der Waals surface area contributed by atoms with Gasteiger partial charge in [0, 0.05) is 0 Å². The van der Waals surface area contributed by atoms with E-state index >= 15 is 0 Å². The third kappa shape index (κ3) is 3.81. The molecule has 136 valence electrons. The molecule has 0 aliphatic carbocycles. The molecule has 0 aromatic carbocycles. The van der Waals surface area contributed by atoms with Gasteiger partial charge in [0.2, 0.25) is 0 Å². The summed E-state index contributed by atoms with van der Waals surface area (Å²) in [7, 11) is 0. The van der Waals surface area contributed by atoms with Gasteiger partial charge in [-0.3, -0.25) is 0 Å². The van der Waals surface area contributed by atoms with E-state index in [0.717, 1.165) is 0 Å². The zero-order valence-corrected chi connectivity index (χ0v) is 12.0. The van der Waals surface area contributed by atoms with Gasteiger partial charge in [-0.2, -0.15) is 0 Å². The maximum atomic E-state index is 9.78. The average Bonchev–Trinajstić information content (AvgIpc) is 2.82. The van der Waals surface area contributed by atoms with Crippen molar-refractivity contribution in [1.82, 2.24) is 0 Å². The van der Waals surface area contributed by atoms with Gasteiger partial charge in [0.1, 0.15) is 48.8 Å². The molecule has 10 atom stereocenters. The third-order valence-corrected chi connectivity index (χ3v) is 3.93. The van der Waals surface area contributed by atoms with Crippen LogP contribution in [-0.4, -0.2) is 115 Å². The molecular weight excluding hydrogens is 320 g/mol. The number of aliphatic hydroxyl groups excluding tert-OH is 8. The van der Waals surface area contributed by atoms with E-state index in [1.165, 1.54) is 0 Å². The summed E-state index contributed by atoms with van der Waals surface area (Å²) < 4.78 is 15.1. The first-order valence-corrected chi connectivity index (χ1v) is 7.07. The summed E-state index contributed by atoms with van der Waals surface area (Å²) in [6.07, 6.45) is -15.0. The van der Waals surface area contributed by atoms with Crippen LogP contribution in [0.2, 0.25) is 0 Å². The van der Waals surface area contributed by atoms with Gasteiger partial charge in [-0.1, -0.05) is 0 Å². The SMILES string of the molecule is OC[C@H](O)[C@@H]1O[C@@H](OC[C@@H]2O[C@H](O)[C@@H](O)[C@H](O)[C@H]2O)[C@H](O)[C@@H]1O. The molecule has 0 spiro atoms. The Morgan fingerprint density at radius 3 is 2.09 bits per heavy atom. The smallest absolute Gasteiger partial charge is 0.186 e. The minimum absolute atomic E-state index is 0.446. The monoisotopic (exact) mass is 342 g/mol. The van der Waals surface area contributed by atoms with E-state index < -0.39 is 74.6 Å². The first-order valence-electron chi connectivity index (χ1n) is 7.07. The first kappa shape index (κ1) is 18.9. The van der Waals surface area contributed by atoms with E-state index in [9.17, 15) is 35.7 Å². The molecule has 11 heteroatoms. The molecule has 11 nitrogen and oxygen atoms in total. The molecule has 0 radical (unpaired) electrons. The summed E-state index contributed by atoms with van der Waals surface area (Å²) >= 11 is 0. The van der Waals surface area contributed by atoms with E-state index in [2.05, 4.69) is 0 Å². The summed E-state index contributed by atoms with van der Waals surface area (Å²) in [5.74, 6) is 0. The fraction of sp³-hybridized carbons (Fsp3) is 1.00. The second-order valence-corrected chi connectivity index (χ2v) is 5.57. The van der Waals surface area contributed by atoms with E-state index in [0.29, 0.717) is 0 Å². The fourth-order valence-corrected chi connectivity index (χ4v) is 2.49. The van der Waals surface area contributed by atoms with Crippen molar-refractivity contribution in [1.29, 1.82) is 0 Å². The summed E-state index contributed by atoms with van der Waals surface area (Å²) in [5.41, 5.74) is 0. The van der Waals surface area contributed by atoms with Crippen molar-refractivity contribution in [2.24, 2.45) is 0 Å². The summed E-state index contributed by atoms with van der Waals surface area (Å²) in [6.45, 7) is -1.14. The molecular formula is C12H22O11. The maximum Gasteiger partial charge on any atom is 0.186 e. The van der Waals surface area contributed by atoms with Gasteiger partial charge in [0.05, 0.1) is 13.2 Å². The van der Waals surface area contributed by atoms with Crippen LogP contribution in [0.5, 0.6) is 0 Å². The van der Waals surface area contributed by atoms with Crippen LogP contribution < -0.4 is 0 Å². The highest BCUT2D eigenvalue weighted by Gasteiger charge is 2.48. The van der Waals surface area contributed by atoms with E-state index in [1.807, 2.05) is 0 Å². The summed E-state index contributed by atoms with van der Waals surface area (Å²) in [4.78, 5) is 0. The van der Waals surface area contributed by atoms with Crippen molar-refractivity contribution >= 4 is 0 Å². The Morgan fingerprint density at radius 1 is 0.826 bits per heavy atom. The predicted octanol–water partition coefficient (Wildman–Crippen LogP) is -5.40. The van der Waals surface area contributed by atoms with Crippen LogP contribution in [0.15, 0.2) is 0 Å². The van der Waals surface area contributed by atoms with Crippen LogP contribution in [0, 0.1) is 0 Å². The molecule has 0 bridgehead atoms. The van der Waals surface area contributed by atoms with Crippen LogP contribution in [0.25, 0.3) is 0 Å². The topological polar surface area (TPSA) is 190 Å². The predicted molar refractivity (Wildman–Crippen MR) is 68.6 cm³/mol.